The van der Waals surface area contributed by atoms with E-state index in [0.29, 0.717) is 19.3 Å². The third-order valence-corrected chi connectivity index (χ3v) is 5.99. The van der Waals surface area contributed by atoms with Crippen LogP contribution in [0, 0.1) is 11.8 Å². The van der Waals surface area contributed by atoms with E-state index in [0.717, 1.165) is 38.8 Å². The van der Waals surface area contributed by atoms with Gasteiger partial charge in [-0.15, -0.1) is 0 Å². The summed E-state index contributed by atoms with van der Waals surface area (Å²) < 4.78 is 0. The van der Waals surface area contributed by atoms with Crippen LogP contribution in [0.4, 0.5) is 0 Å². The van der Waals surface area contributed by atoms with Crippen molar-refractivity contribution in [2.24, 2.45) is 11.8 Å². The third kappa shape index (κ3) is 8.05. The molecule has 1 aliphatic rings. The predicted molar refractivity (Wildman–Crippen MR) is 120 cm³/mol. The lowest BCUT2D eigenvalue weighted by molar-refractivity contribution is -0.118. The van der Waals surface area contributed by atoms with Gasteiger partial charge in [0.15, 0.2) is 0 Å². The van der Waals surface area contributed by atoms with Crippen LogP contribution in [0.5, 0.6) is 0 Å². The molecule has 0 saturated heterocycles. The minimum atomic E-state index is -0.582. The standard InChI is InChI=1S/C25H37NO4/c1-2-26(19-27)17-9-4-3-8-12-22-23(25(30)18-24(22)29)16-15-21(28)14-13-20-10-6-5-7-11-20/h3,5-8,10-11,15-16,19,21-25,28-30H,2,4,9,12-14,17-18H2,1H3/t21-,22+,23+,24-,25+/m0/s1. The maximum Gasteiger partial charge on any atom is 0.209 e. The second-order valence-electron chi connectivity index (χ2n) is 8.17. The largest absolute Gasteiger partial charge is 0.393 e. The Morgan fingerprint density at radius 2 is 1.93 bits per heavy atom. The number of rotatable bonds is 13. The van der Waals surface area contributed by atoms with E-state index in [2.05, 4.69) is 24.3 Å². The van der Waals surface area contributed by atoms with Crippen LogP contribution in [-0.2, 0) is 11.2 Å². The normalized spacial score (nSPS) is 25.2. The van der Waals surface area contributed by atoms with E-state index in [-0.39, 0.29) is 11.8 Å². The second kappa shape index (κ2) is 13.4. The van der Waals surface area contributed by atoms with Crippen molar-refractivity contribution in [2.45, 2.75) is 63.8 Å². The summed E-state index contributed by atoms with van der Waals surface area (Å²) in [5.41, 5.74) is 1.19. The molecule has 0 bridgehead atoms. The first-order chi connectivity index (χ1) is 14.5. The molecule has 1 aliphatic carbocycles. The van der Waals surface area contributed by atoms with Crippen LogP contribution < -0.4 is 0 Å². The van der Waals surface area contributed by atoms with Gasteiger partial charge in [0.1, 0.15) is 0 Å². The number of allylic oxidation sites excluding steroid dienone is 2. The van der Waals surface area contributed by atoms with E-state index in [1.807, 2.05) is 31.2 Å². The second-order valence-corrected chi connectivity index (χ2v) is 8.17. The fourth-order valence-corrected chi connectivity index (χ4v) is 4.09. The van der Waals surface area contributed by atoms with E-state index in [9.17, 15) is 20.1 Å². The van der Waals surface area contributed by atoms with Gasteiger partial charge < -0.3 is 20.2 Å². The Kier molecular flexibility index (Phi) is 10.8. The molecule has 1 fully saturated rings. The number of amides is 1. The Labute approximate surface area is 180 Å². The molecule has 0 spiro atoms. The fourth-order valence-electron chi connectivity index (χ4n) is 4.09. The zero-order valence-electron chi connectivity index (χ0n) is 18.0. The molecule has 3 N–H and O–H groups in total. The Bertz CT molecular complexity index is 660. The number of carbonyl (C=O) groups is 1. The van der Waals surface area contributed by atoms with Gasteiger partial charge in [-0.2, -0.15) is 0 Å². The number of unbranched alkanes of at least 4 members (excludes halogenated alkanes) is 1. The summed E-state index contributed by atoms with van der Waals surface area (Å²) in [6, 6.07) is 10.1. The summed E-state index contributed by atoms with van der Waals surface area (Å²) in [5.74, 6) is -0.197. The highest BCUT2D eigenvalue weighted by Gasteiger charge is 2.39. The molecule has 5 heteroatoms. The average molecular weight is 416 g/mol. The molecule has 0 aromatic heterocycles. The van der Waals surface area contributed by atoms with E-state index < -0.39 is 18.3 Å². The molecule has 5 atom stereocenters. The number of benzene rings is 1. The zero-order valence-corrected chi connectivity index (χ0v) is 18.0. The van der Waals surface area contributed by atoms with Crippen molar-refractivity contribution in [3.63, 3.8) is 0 Å². The molecule has 1 saturated carbocycles. The Morgan fingerprint density at radius 1 is 1.17 bits per heavy atom. The minimum Gasteiger partial charge on any atom is -0.393 e. The van der Waals surface area contributed by atoms with Crippen LogP contribution in [0.3, 0.4) is 0 Å². The van der Waals surface area contributed by atoms with Crippen LogP contribution in [0.25, 0.3) is 0 Å². The van der Waals surface area contributed by atoms with E-state index >= 15 is 0 Å². The van der Waals surface area contributed by atoms with Crippen molar-refractivity contribution in [1.82, 2.24) is 4.90 Å². The first-order valence-electron chi connectivity index (χ1n) is 11.2. The first-order valence-corrected chi connectivity index (χ1v) is 11.2. The van der Waals surface area contributed by atoms with Gasteiger partial charge in [-0.1, -0.05) is 54.6 Å². The maximum atomic E-state index is 10.8. The molecule has 0 radical (unpaired) electrons. The van der Waals surface area contributed by atoms with Crippen LogP contribution in [-0.4, -0.2) is 58.0 Å². The highest BCUT2D eigenvalue weighted by atomic mass is 16.3. The minimum absolute atomic E-state index is 0.0454. The fraction of sp³-hybridized carbons (Fsp3) is 0.560. The van der Waals surface area contributed by atoms with Gasteiger partial charge in [0, 0.05) is 25.4 Å². The summed E-state index contributed by atoms with van der Waals surface area (Å²) in [5, 5.41) is 31.0. The summed E-state index contributed by atoms with van der Waals surface area (Å²) in [6.45, 7) is 3.44. The number of nitrogens with zero attached hydrogens (tertiary/aromatic N) is 1. The van der Waals surface area contributed by atoms with Gasteiger partial charge in [0.2, 0.25) is 6.41 Å². The van der Waals surface area contributed by atoms with E-state index in [4.69, 9.17) is 0 Å². The highest BCUT2D eigenvalue weighted by Crippen LogP contribution is 2.36. The molecule has 166 valence electrons. The number of aliphatic hydroxyl groups excluding tert-OH is 3. The van der Waals surface area contributed by atoms with Crippen LogP contribution in [0.1, 0.15) is 44.6 Å². The summed E-state index contributed by atoms with van der Waals surface area (Å²) in [4.78, 5) is 12.5. The highest BCUT2D eigenvalue weighted by molar-refractivity contribution is 5.46. The van der Waals surface area contributed by atoms with Gasteiger partial charge in [0.05, 0.1) is 18.3 Å². The lowest BCUT2D eigenvalue weighted by Crippen LogP contribution is -2.22. The summed E-state index contributed by atoms with van der Waals surface area (Å²) in [7, 11) is 0. The van der Waals surface area contributed by atoms with Crippen molar-refractivity contribution < 1.29 is 20.1 Å². The number of aliphatic hydroxyl groups is 3. The smallest absolute Gasteiger partial charge is 0.209 e. The van der Waals surface area contributed by atoms with E-state index in [1.54, 1.807) is 11.0 Å². The SMILES string of the molecule is CCN(C=O)CCCC=CC[C@@H]1[C@@H](C=C[C@@H](O)CCc2ccccc2)[C@H](O)C[C@@H]1O. The quantitative estimate of drug-likeness (QED) is 0.263. The molecule has 30 heavy (non-hydrogen) atoms. The molecule has 0 heterocycles. The van der Waals surface area contributed by atoms with Crippen LogP contribution in [0.2, 0.25) is 0 Å². The summed E-state index contributed by atoms with van der Waals surface area (Å²) >= 11 is 0. The Morgan fingerprint density at radius 3 is 2.63 bits per heavy atom. The Balaban J connectivity index is 1.79. The number of aryl methyl sites for hydroxylation is 1. The van der Waals surface area contributed by atoms with Gasteiger partial charge >= 0.3 is 0 Å². The van der Waals surface area contributed by atoms with E-state index in [1.165, 1.54) is 5.56 Å². The maximum absolute atomic E-state index is 10.8. The van der Waals surface area contributed by atoms with Crippen molar-refractivity contribution in [3.05, 3.63) is 60.2 Å². The molecule has 2 rings (SSSR count). The van der Waals surface area contributed by atoms with Crippen molar-refractivity contribution >= 4 is 6.41 Å². The predicted octanol–water partition coefficient (Wildman–Crippen LogP) is 3.10. The lowest BCUT2D eigenvalue weighted by atomic mass is 9.89. The Hall–Kier alpha value is -1.95. The zero-order chi connectivity index (χ0) is 21.8. The van der Waals surface area contributed by atoms with Gasteiger partial charge in [-0.25, -0.2) is 0 Å². The van der Waals surface area contributed by atoms with Crippen molar-refractivity contribution in [1.29, 1.82) is 0 Å². The number of hydrogen-bond acceptors (Lipinski definition) is 4. The molecule has 1 amide bonds. The van der Waals surface area contributed by atoms with Gasteiger partial charge in [0.25, 0.3) is 0 Å². The average Bonchev–Trinajstić information content (AvgIpc) is 3.03. The number of carbonyl (C=O) groups excluding carboxylic acids is 1. The first kappa shape index (κ1) is 24.3. The lowest BCUT2D eigenvalue weighted by Gasteiger charge is -2.19. The van der Waals surface area contributed by atoms with Crippen LogP contribution in [0.15, 0.2) is 54.6 Å². The molecule has 0 aliphatic heterocycles. The van der Waals surface area contributed by atoms with Crippen molar-refractivity contribution in [3.8, 4) is 0 Å². The van der Waals surface area contributed by atoms with Crippen LogP contribution >= 0.6 is 0 Å². The molecular formula is C25H37NO4. The molecule has 1 aromatic carbocycles. The monoisotopic (exact) mass is 415 g/mol. The topological polar surface area (TPSA) is 81.0 Å². The molecule has 0 unspecified atom stereocenters. The van der Waals surface area contributed by atoms with Gasteiger partial charge in [-0.3, -0.25) is 4.79 Å². The summed E-state index contributed by atoms with van der Waals surface area (Å²) in [6.07, 6.45) is 11.3. The number of hydrogen-bond donors (Lipinski definition) is 3. The molecular weight excluding hydrogens is 378 g/mol. The van der Waals surface area contributed by atoms with Gasteiger partial charge in [-0.05, 0) is 50.5 Å². The third-order valence-electron chi connectivity index (χ3n) is 5.99. The molecule has 1 aromatic rings. The molecule has 5 nitrogen and oxygen atoms in total. The van der Waals surface area contributed by atoms with Crippen molar-refractivity contribution in [2.75, 3.05) is 13.1 Å².